The number of ether oxygens (including phenoxy) is 6. The number of nitrogens with zero attached hydrogens (tertiary/aromatic N) is 6. The van der Waals surface area contributed by atoms with Crippen LogP contribution in [0.3, 0.4) is 0 Å². The fraction of sp³-hybridized carbons (Fsp3) is 0.320. The number of hydrogen-bond acceptors (Lipinski definition) is 18. The molecule has 0 saturated carbocycles. The number of fused-ring (bicyclic) bond motifs is 2. The third-order valence-corrected chi connectivity index (χ3v) is 9.78. The summed E-state index contributed by atoms with van der Waals surface area (Å²) in [5.41, 5.74) is 0.722. The van der Waals surface area contributed by atoms with Gasteiger partial charge in [-0.1, -0.05) is 72.8 Å². The Morgan fingerprint density at radius 2 is 0.771 bits per heavy atom. The Kier molecular flexibility index (Phi) is 28.0. The molecule has 0 bridgehead atoms. The molecule has 8 heterocycles. The molecule has 2 radical (unpaired) electrons. The summed E-state index contributed by atoms with van der Waals surface area (Å²) in [6, 6.07) is 35.5. The Morgan fingerprint density at radius 1 is 0.471 bits per heavy atom. The first-order valence-electron chi connectivity index (χ1n) is 21.6. The van der Waals surface area contributed by atoms with Crippen LogP contribution in [0.25, 0.3) is 0 Å². The Hall–Kier alpha value is -5.38. The normalized spacial score (nSPS) is 27.2. The molecule has 18 nitrogen and oxygen atoms in total. The van der Waals surface area contributed by atoms with Gasteiger partial charge in [0.05, 0.1) is 25.4 Å². The van der Waals surface area contributed by atoms with Gasteiger partial charge in [-0.25, -0.2) is 0 Å². The summed E-state index contributed by atoms with van der Waals surface area (Å²) in [6.07, 6.45) is 5.46. The Morgan fingerprint density at radius 3 is 1.03 bits per heavy atom. The third-order valence-electron chi connectivity index (χ3n) is 9.78. The molecule has 0 unspecified atom stereocenters. The molecule has 2 aromatic carbocycles. The molecule has 6 aromatic rings. The zero-order chi connectivity index (χ0) is 48.4. The summed E-state index contributed by atoms with van der Waals surface area (Å²) >= 11 is 0. The largest absolute Gasteiger partial charge is 2.00 e. The number of pyridine rings is 4. The zero-order valence-electron chi connectivity index (χ0n) is 37.9. The molecule has 12 atom stereocenters. The van der Waals surface area contributed by atoms with Crippen molar-refractivity contribution in [3.8, 4) is 11.5 Å². The van der Waals surface area contributed by atoms with E-state index in [0.717, 1.165) is 0 Å². The van der Waals surface area contributed by atoms with Crippen molar-refractivity contribution in [1.29, 1.82) is 0 Å². The third kappa shape index (κ3) is 20.2. The van der Waals surface area contributed by atoms with Gasteiger partial charge in [0.1, 0.15) is 36.9 Å². The van der Waals surface area contributed by atoms with E-state index in [4.69, 9.17) is 28.4 Å². The van der Waals surface area contributed by atoms with E-state index >= 15 is 0 Å². The maximum absolute atomic E-state index is 12.2. The minimum Gasteiger partial charge on any atom is -0.872 e. The smallest absolute Gasteiger partial charge is 0.872 e. The van der Waals surface area contributed by atoms with Crippen LogP contribution in [-0.2, 0) is 62.6 Å². The SMILES string of the molecule is C[C@@H]1OC[C@H]2O[C@@H](/N=C/c3ccccc3[O-])[C@H]([O-])[C@@H](O)[C@@H]2O1.C[C@@H]1OC[C@H]2O[C@@H](/N=C/c3ccccc3[O-])[C@H]([O-])[C@@H](O)[C@@H]2O1.[Cu+2].[Cu+2].c1ccncc1.c1ccncc1.c1ccncc1.c1ccncc1. The van der Waals surface area contributed by atoms with Gasteiger partial charge in [0.25, 0.3) is 0 Å². The number of aliphatic imine (C=N–C) groups is 2. The van der Waals surface area contributed by atoms with Crippen LogP contribution in [0.4, 0.5) is 0 Å². The molecular formula is C50H54Cu2N6O12. The molecule has 10 rings (SSSR count). The van der Waals surface area contributed by atoms with Gasteiger partial charge in [-0.15, -0.1) is 11.5 Å². The summed E-state index contributed by atoms with van der Waals surface area (Å²) in [7, 11) is 0. The van der Waals surface area contributed by atoms with E-state index in [-0.39, 0.29) is 58.9 Å². The zero-order valence-corrected chi connectivity index (χ0v) is 39.8. The topological polar surface area (TPSA) is 264 Å². The van der Waals surface area contributed by atoms with Gasteiger partial charge in [-0.3, -0.25) is 29.9 Å². The molecule has 0 amide bonds. The number of aromatic nitrogens is 4. The molecule has 4 aliphatic heterocycles. The van der Waals surface area contributed by atoms with Gasteiger partial charge in [0.15, 0.2) is 12.6 Å². The molecule has 378 valence electrons. The number of para-hydroxylation sites is 2. The van der Waals surface area contributed by atoms with Gasteiger partial charge in [-0.2, -0.15) is 0 Å². The van der Waals surface area contributed by atoms with E-state index in [1.807, 2.05) is 72.8 Å². The van der Waals surface area contributed by atoms with Crippen molar-refractivity contribution in [3.63, 3.8) is 0 Å². The van der Waals surface area contributed by atoms with E-state index in [9.17, 15) is 30.6 Å². The number of hydrogen-bond donors (Lipinski definition) is 2. The summed E-state index contributed by atoms with van der Waals surface area (Å²) in [5, 5.41) is 67.8. The standard InChI is InChI=1S/2C15H18NO6.4C5H5N.2Cu/c2*1-8-20-7-11-14(21-8)12(18)13(19)15(22-11)16-6-9-4-2-3-5-10(9)17;4*1-2-4-6-5-3-1;;/h2*2-6,8,11-15,17-18H,7H2,1H3;4*1-5H;;/q2*-1;;;;;2*+2/p-2/b2*16-6+;;;;;;/t2*8-,11-,12-,13-,14-,15-;;;;;;/m11....../s1. The Balaban J connectivity index is 0.000000247. The van der Waals surface area contributed by atoms with Gasteiger partial charge in [0.2, 0.25) is 0 Å². The maximum atomic E-state index is 12.2. The van der Waals surface area contributed by atoms with Crippen LogP contribution in [0.15, 0.2) is 181 Å². The molecule has 0 spiro atoms. The van der Waals surface area contributed by atoms with Crippen molar-refractivity contribution in [2.24, 2.45) is 9.98 Å². The van der Waals surface area contributed by atoms with Crippen LogP contribution in [0.5, 0.6) is 11.5 Å². The van der Waals surface area contributed by atoms with Crippen LogP contribution < -0.4 is 20.4 Å². The first-order valence-corrected chi connectivity index (χ1v) is 21.6. The molecule has 4 saturated heterocycles. The van der Waals surface area contributed by atoms with E-state index in [1.165, 1.54) is 24.6 Å². The summed E-state index contributed by atoms with van der Waals surface area (Å²) < 4.78 is 32.5. The van der Waals surface area contributed by atoms with Gasteiger partial charge >= 0.3 is 34.1 Å². The van der Waals surface area contributed by atoms with Crippen molar-refractivity contribution in [1.82, 2.24) is 19.9 Å². The molecule has 4 aliphatic rings. The second kappa shape index (κ2) is 33.2. The average molecular weight is 1060 g/mol. The van der Waals surface area contributed by atoms with Crippen molar-refractivity contribution in [2.75, 3.05) is 13.2 Å². The van der Waals surface area contributed by atoms with Crippen LogP contribution in [-0.4, -0.2) is 130 Å². The molecule has 20 heteroatoms. The quantitative estimate of drug-likeness (QED) is 0.188. The van der Waals surface area contributed by atoms with Crippen LogP contribution in [0.1, 0.15) is 25.0 Å². The van der Waals surface area contributed by atoms with Crippen molar-refractivity contribution in [3.05, 3.63) is 182 Å². The molecule has 2 N–H and O–H groups in total. The maximum Gasteiger partial charge on any atom is 2.00 e. The van der Waals surface area contributed by atoms with Gasteiger partial charge in [0, 0.05) is 62.0 Å². The van der Waals surface area contributed by atoms with E-state index in [1.54, 1.807) is 99.8 Å². The second-order valence-electron chi connectivity index (χ2n) is 14.8. The molecule has 70 heavy (non-hydrogen) atoms. The number of aliphatic hydroxyl groups is 2. The van der Waals surface area contributed by atoms with Gasteiger partial charge in [-0.05, 0) is 85.7 Å². The number of benzene rings is 2. The molecular weight excluding hydrogens is 1000 g/mol. The fourth-order valence-corrected chi connectivity index (χ4v) is 6.38. The molecule has 4 fully saturated rings. The second-order valence-corrected chi connectivity index (χ2v) is 14.8. The average Bonchev–Trinajstić information content (AvgIpc) is 3.39. The van der Waals surface area contributed by atoms with E-state index in [2.05, 4.69) is 29.9 Å². The fourth-order valence-electron chi connectivity index (χ4n) is 6.38. The first kappa shape index (κ1) is 58.9. The summed E-state index contributed by atoms with van der Waals surface area (Å²) in [4.78, 5) is 23.2. The van der Waals surface area contributed by atoms with Crippen molar-refractivity contribution >= 4 is 12.4 Å². The summed E-state index contributed by atoms with van der Waals surface area (Å²) in [6.45, 7) is 3.83. The van der Waals surface area contributed by atoms with Gasteiger partial charge < -0.3 is 59.1 Å². The molecule has 4 aromatic heterocycles. The predicted octanol–water partition coefficient (Wildman–Crippen LogP) is 1.83. The minimum absolute atomic E-state index is 0. The molecule has 0 aliphatic carbocycles. The van der Waals surface area contributed by atoms with E-state index < -0.39 is 73.9 Å². The first-order chi connectivity index (χ1) is 33.1. The van der Waals surface area contributed by atoms with Crippen molar-refractivity contribution < 1.29 is 93.2 Å². The van der Waals surface area contributed by atoms with Crippen molar-refractivity contribution in [2.45, 2.75) is 87.7 Å². The number of aliphatic hydroxyl groups excluding tert-OH is 2. The number of rotatable bonds is 4. The van der Waals surface area contributed by atoms with Crippen LogP contribution >= 0.6 is 0 Å². The minimum atomic E-state index is -1.48. The van der Waals surface area contributed by atoms with Crippen LogP contribution in [0, 0.1) is 0 Å². The predicted molar refractivity (Wildman–Crippen MR) is 241 cm³/mol. The Bertz CT molecular complexity index is 1960. The van der Waals surface area contributed by atoms with E-state index in [0.29, 0.717) is 11.1 Å². The summed E-state index contributed by atoms with van der Waals surface area (Å²) in [5.74, 6) is -0.387. The monoisotopic (exact) mass is 1060 g/mol. The Labute approximate surface area is 428 Å². The van der Waals surface area contributed by atoms with Crippen LogP contribution in [0.2, 0.25) is 0 Å².